The number of aliphatic carboxylic acids is 1. The number of benzene rings is 1. The monoisotopic (exact) mass is 390 g/mol. The minimum atomic E-state index is -1.19. The van der Waals surface area contributed by atoms with E-state index in [2.05, 4.69) is 5.32 Å². The average molecular weight is 390 g/mol. The number of hydrogen-bond acceptors (Lipinski definition) is 3. The predicted octanol–water partition coefficient (Wildman–Crippen LogP) is 1.05. The Bertz CT molecular complexity index is 545. The van der Waals surface area contributed by atoms with Gasteiger partial charge >= 0.3 is 5.97 Å². The first kappa shape index (κ1) is 16.4. The average Bonchev–Trinajstić information content (AvgIpc) is 2.36. The van der Waals surface area contributed by atoms with Gasteiger partial charge in [0.25, 0.3) is 5.91 Å². The van der Waals surface area contributed by atoms with Crippen LogP contribution in [0.3, 0.4) is 0 Å². The summed E-state index contributed by atoms with van der Waals surface area (Å²) in [6.07, 6.45) is -0.124. The number of halogens is 1. The van der Waals surface area contributed by atoms with Crippen molar-refractivity contribution in [3.63, 3.8) is 0 Å². The summed E-state index contributed by atoms with van der Waals surface area (Å²) >= 11 is 2.03. The lowest BCUT2D eigenvalue weighted by atomic mass is 10.1. The molecule has 0 fully saturated rings. The molecule has 2 amide bonds. The van der Waals surface area contributed by atoms with E-state index in [9.17, 15) is 14.4 Å². The number of carbonyl (C=O) groups excluding carboxylic acids is 2. The van der Waals surface area contributed by atoms with Gasteiger partial charge in [-0.25, -0.2) is 4.79 Å². The maximum atomic E-state index is 12.1. The highest BCUT2D eigenvalue weighted by molar-refractivity contribution is 14.1. The standard InChI is InChI=1S/C13H15IN2O4/c1-7-3-2-4-8(11(7)14)12(18)16-9(13(19)20)5-6-10(15)17/h2-4,9H,5-6H2,1H3,(H2,15,17)(H,16,18)(H,19,20)/t9-/m0/s1. The molecule has 1 aromatic rings. The van der Waals surface area contributed by atoms with E-state index in [1.807, 2.05) is 35.6 Å². The number of carboxylic acid groups (broad SMARTS) is 1. The largest absolute Gasteiger partial charge is 0.480 e. The molecule has 4 N–H and O–H groups in total. The molecule has 0 unspecified atom stereocenters. The highest BCUT2D eigenvalue weighted by Gasteiger charge is 2.22. The Balaban J connectivity index is 2.83. The molecule has 20 heavy (non-hydrogen) atoms. The molecule has 0 saturated heterocycles. The number of aryl methyl sites for hydroxylation is 1. The van der Waals surface area contributed by atoms with Crippen LogP contribution in [0.15, 0.2) is 18.2 Å². The van der Waals surface area contributed by atoms with Crippen LogP contribution < -0.4 is 11.1 Å². The lowest BCUT2D eigenvalue weighted by molar-refractivity contribution is -0.139. The van der Waals surface area contributed by atoms with E-state index < -0.39 is 23.8 Å². The van der Waals surface area contributed by atoms with Gasteiger partial charge in [0.1, 0.15) is 6.04 Å². The first-order valence-electron chi connectivity index (χ1n) is 5.90. The van der Waals surface area contributed by atoms with Gasteiger partial charge in [0.15, 0.2) is 0 Å². The fourth-order valence-corrected chi connectivity index (χ4v) is 2.21. The molecule has 1 atom stereocenters. The summed E-state index contributed by atoms with van der Waals surface area (Å²) in [6.45, 7) is 1.86. The van der Waals surface area contributed by atoms with Crippen molar-refractivity contribution in [2.45, 2.75) is 25.8 Å². The van der Waals surface area contributed by atoms with Crippen LogP contribution in [0.25, 0.3) is 0 Å². The van der Waals surface area contributed by atoms with Crippen LogP contribution >= 0.6 is 22.6 Å². The SMILES string of the molecule is Cc1cccc(C(=O)N[C@@H](CCC(N)=O)C(=O)O)c1I. The maximum Gasteiger partial charge on any atom is 0.326 e. The highest BCUT2D eigenvalue weighted by Crippen LogP contribution is 2.16. The second-order valence-corrected chi connectivity index (χ2v) is 5.38. The molecule has 0 aliphatic heterocycles. The molecule has 108 valence electrons. The van der Waals surface area contributed by atoms with E-state index in [4.69, 9.17) is 10.8 Å². The Kier molecular flexibility index (Phi) is 5.93. The van der Waals surface area contributed by atoms with E-state index in [0.717, 1.165) is 9.13 Å². The van der Waals surface area contributed by atoms with Gasteiger partial charge in [0.2, 0.25) is 5.91 Å². The van der Waals surface area contributed by atoms with Gasteiger partial charge in [0, 0.05) is 9.99 Å². The van der Waals surface area contributed by atoms with Crippen LogP contribution in [-0.4, -0.2) is 28.9 Å². The van der Waals surface area contributed by atoms with Crippen molar-refractivity contribution in [3.05, 3.63) is 32.9 Å². The van der Waals surface area contributed by atoms with Gasteiger partial charge < -0.3 is 16.2 Å². The first-order chi connectivity index (χ1) is 9.32. The molecule has 0 spiro atoms. The number of nitrogens with one attached hydrogen (secondary N) is 1. The number of hydrogen-bond donors (Lipinski definition) is 3. The number of nitrogens with two attached hydrogens (primary N) is 1. The van der Waals surface area contributed by atoms with Crippen molar-refractivity contribution >= 4 is 40.4 Å². The van der Waals surface area contributed by atoms with Crippen LogP contribution in [0.5, 0.6) is 0 Å². The Morgan fingerprint density at radius 2 is 2.05 bits per heavy atom. The smallest absolute Gasteiger partial charge is 0.326 e. The third-order valence-corrected chi connectivity index (χ3v) is 4.15. The van der Waals surface area contributed by atoms with Crippen molar-refractivity contribution in [1.82, 2.24) is 5.32 Å². The molecule has 0 aliphatic rings. The van der Waals surface area contributed by atoms with Crippen molar-refractivity contribution in [1.29, 1.82) is 0 Å². The quantitative estimate of drug-likeness (QED) is 0.631. The molecule has 0 bridgehead atoms. The molecule has 1 rings (SSSR count). The van der Waals surface area contributed by atoms with Gasteiger partial charge in [-0.05, 0) is 47.6 Å². The summed E-state index contributed by atoms with van der Waals surface area (Å²) in [5.74, 6) is -2.27. The van der Waals surface area contributed by atoms with Crippen LogP contribution in [0, 0.1) is 10.5 Å². The van der Waals surface area contributed by atoms with Gasteiger partial charge in [-0.2, -0.15) is 0 Å². The van der Waals surface area contributed by atoms with Crippen molar-refractivity contribution in [3.8, 4) is 0 Å². The summed E-state index contributed by atoms with van der Waals surface area (Å²) in [5.41, 5.74) is 6.33. The van der Waals surface area contributed by atoms with Gasteiger partial charge in [-0.3, -0.25) is 9.59 Å². The molecule has 1 aromatic carbocycles. The summed E-state index contributed by atoms with van der Waals surface area (Å²) in [5, 5.41) is 11.4. The second kappa shape index (κ2) is 7.22. The summed E-state index contributed by atoms with van der Waals surface area (Å²) in [7, 11) is 0. The molecule has 6 nitrogen and oxygen atoms in total. The Hall–Kier alpha value is -1.64. The second-order valence-electron chi connectivity index (χ2n) is 4.31. The fraction of sp³-hybridized carbons (Fsp3) is 0.308. The lowest BCUT2D eigenvalue weighted by Gasteiger charge is -2.15. The number of carbonyl (C=O) groups is 3. The molecule has 7 heteroatoms. The van der Waals surface area contributed by atoms with E-state index in [-0.39, 0.29) is 12.8 Å². The van der Waals surface area contributed by atoms with Crippen LogP contribution in [0.2, 0.25) is 0 Å². The van der Waals surface area contributed by atoms with Gasteiger partial charge in [-0.15, -0.1) is 0 Å². The van der Waals surface area contributed by atoms with Crippen LogP contribution in [0.1, 0.15) is 28.8 Å². The topological polar surface area (TPSA) is 109 Å². The lowest BCUT2D eigenvalue weighted by Crippen LogP contribution is -2.41. The molecular formula is C13H15IN2O4. The Morgan fingerprint density at radius 1 is 1.40 bits per heavy atom. The third kappa shape index (κ3) is 4.48. The predicted molar refractivity (Wildman–Crippen MR) is 81.2 cm³/mol. The van der Waals surface area contributed by atoms with Crippen molar-refractivity contribution < 1.29 is 19.5 Å². The fourth-order valence-electron chi connectivity index (χ4n) is 1.60. The number of amides is 2. The van der Waals surface area contributed by atoms with E-state index in [1.54, 1.807) is 12.1 Å². The number of carboxylic acids is 1. The normalized spacial score (nSPS) is 11.7. The maximum absolute atomic E-state index is 12.1. The first-order valence-corrected chi connectivity index (χ1v) is 6.98. The molecule has 0 saturated carbocycles. The van der Waals surface area contributed by atoms with E-state index in [0.29, 0.717) is 5.56 Å². The summed E-state index contributed by atoms with van der Waals surface area (Å²) < 4.78 is 0.765. The molecule has 0 radical (unpaired) electrons. The van der Waals surface area contributed by atoms with Crippen molar-refractivity contribution in [2.75, 3.05) is 0 Å². The minimum absolute atomic E-state index is 0.0290. The van der Waals surface area contributed by atoms with E-state index >= 15 is 0 Å². The third-order valence-electron chi connectivity index (χ3n) is 2.72. The number of primary amides is 1. The van der Waals surface area contributed by atoms with E-state index in [1.165, 1.54) is 0 Å². The Labute approximate surface area is 129 Å². The molecule has 0 heterocycles. The zero-order chi connectivity index (χ0) is 15.3. The molecule has 0 aliphatic carbocycles. The highest BCUT2D eigenvalue weighted by atomic mass is 127. The molecule has 0 aromatic heterocycles. The molecular weight excluding hydrogens is 375 g/mol. The summed E-state index contributed by atoms with van der Waals surface area (Å²) in [6, 6.07) is 4.08. The minimum Gasteiger partial charge on any atom is -0.480 e. The van der Waals surface area contributed by atoms with Crippen molar-refractivity contribution in [2.24, 2.45) is 5.73 Å². The Morgan fingerprint density at radius 3 is 2.60 bits per heavy atom. The zero-order valence-corrected chi connectivity index (χ0v) is 13.0. The van der Waals surface area contributed by atoms with Gasteiger partial charge in [0.05, 0.1) is 5.56 Å². The summed E-state index contributed by atoms with van der Waals surface area (Å²) in [4.78, 5) is 33.8. The van der Waals surface area contributed by atoms with Crippen LogP contribution in [0.4, 0.5) is 0 Å². The number of rotatable bonds is 6. The zero-order valence-electron chi connectivity index (χ0n) is 10.9. The van der Waals surface area contributed by atoms with Gasteiger partial charge in [-0.1, -0.05) is 12.1 Å². The van der Waals surface area contributed by atoms with Crippen LogP contribution in [-0.2, 0) is 9.59 Å².